The first-order valence-corrected chi connectivity index (χ1v) is 6.66. The number of nitrogens with zero attached hydrogens (tertiary/aromatic N) is 4. The van der Waals surface area contributed by atoms with Crippen molar-refractivity contribution in [3.8, 4) is 5.69 Å². The number of nitrogens with one attached hydrogen (secondary N) is 1. The summed E-state index contributed by atoms with van der Waals surface area (Å²) in [6.45, 7) is 6.01. The van der Waals surface area contributed by atoms with Crippen LogP contribution < -0.4 is 5.32 Å². The molecule has 0 aliphatic heterocycles. The molecular formula is C12H16BrN5. The number of hydrogen-bond acceptors (Lipinski definition) is 4. The maximum atomic E-state index is 4.27. The van der Waals surface area contributed by atoms with Gasteiger partial charge in [-0.15, -0.1) is 0 Å². The van der Waals surface area contributed by atoms with Crippen LogP contribution in [0.3, 0.4) is 0 Å². The van der Waals surface area contributed by atoms with Crippen LogP contribution in [0.2, 0.25) is 0 Å². The maximum absolute atomic E-state index is 4.27. The average Bonchev–Trinajstić information content (AvgIpc) is 2.77. The molecule has 0 saturated carbocycles. The summed E-state index contributed by atoms with van der Waals surface area (Å²) >= 11 is 3.40. The zero-order chi connectivity index (χ0) is 13.0. The third kappa shape index (κ3) is 3.36. The predicted molar refractivity (Wildman–Crippen MR) is 73.4 cm³/mol. The van der Waals surface area contributed by atoms with E-state index in [0.717, 1.165) is 22.5 Å². The van der Waals surface area contributed by atoms with E-state index >= 15 is 0 Å². The van der Waals surface area contributed by atoms with E-state index in [9.17, 15) is 0 Å². The van der Waals surface area contributed by atoms with Crippen molar-refractivity contribution in [2.45, 2.75) is 20.4 Å². The van der Waals surface area contributed by atoms with Crippen LogP contribution in [-0.2, 0) is 6.54 Å². The van der Waals surface area contributed by atoms with Crippen molar-refractivity contribution in [1.29, 1.82) is 0 Å². The quantitative estimate of drug-likeness (QED) is 0.919. The number of pyridine rings is 1. The molecule has 0 aliphatic carbocycles. The molecule has 2 aromatic rings. The highest BCUT2D eigenvalue weighted by Gasteiger charge is 2.07. The summed E-state index contributed by atoms with van der Waals surface area (Å²) in [7, 11) is 0. The van der Waals surface area contributed by atoms with Crippen LogP contribution in [0.15, 0.2) is 29.3 Å². The Balaban J connectivity index is 2.12. The zero-order valence-corrected chi connectivity index (χ0v) is 12.1. The van der Waals surface area contributed by atoms with Gasteiger partial charge in [-0.1, -0.05) is 13.8 Å². The fourth-order valence-corrected chi connectivity index (χ4v) is 1.94. The standard InChI is InChI=1S/C12H16BrN5/c1-9(2)4-14-7-12-16-8-17-18(12)11-3-10(13)5-15-6-11/h3,5-6,8-9,14H,4,7H2,1-2H3. The van der Waals surface area contributed by atoms with Crippen LogP contribution >= 0.6 is 15.9 Å². The molecular weight excluding hydrogens is 294 g/mol. The van der Waals surface area contributed by atoms with Gasteiger partial charge in [-0.25, -0.2) is 9.67 Å². The largest absolute Gasteiger partial charge is 0.310 e. The fraction of sp³-hybridized carbons (Fsp3) is 0.417. The van der Waals surface area contributed by atoms with Crippen LogP contribution in [0.4, 0.5) is 0 Å². The Morgan fingerprint density at radius 3 is 2.94 bits per heavy atom. The van der Waals surface area contributed by atoms with Crippen LogP contribution in [0.25, 0.3) is 5.69 Å². The van der Waals surface area contributed by atoms with E-state index in [-0.39, 0.29) is 0 Å². The minimum absolute atomic E-state index is 0.619. The zero-order valence-electron chi connectivity index (χ0n) is 10.5. The first kappa shape index (κ1) is 13.2. The summed E-state index contributed by atoms with van der Waals surface area (Å²) in [4.78, 5) is 8.40. The van der Waals surface area contributed by atoms with E-state index in [1.807, 2.05) is 6.07 Å². The summed E-state index contributed by atoms with van der Waals surface area (Å²) in [5.74, 6) is 1.50. The lowest BCUT2D eigenvalue weighted by Gasteiger charge is -2.08. The van der Waals surface area contributed by atoms with Gasteiger partial charge in [0.25, 0.3) is 0 Å². The lowest BCUT2D eigenvalue weighted by Crippen LogP contribution is -2.21. The molecule has 96 valence electrons. The molecule has 2 heterocycles. The van der Waals surface area contributed by atoms with Gasteiger partial charge in [0.05, 0.1) is 18.4 Å². The highest BCUT2D eigenvalue weighted by molar-refractivity contribution is 9.10. The Kier molecular flexibility index (Phi) is 4.43. The van der Waals surface area contributed by atoms with E-state index in [1.54, 1.807) is 23.4 Å². The number of halogens is 1. The molecule has 0 aromatic carbocycles. The molecule has 0 bridgehead atoms. The molecule has 18 heavy (non-hydrogen) atoms. The van der Waals surface area contributed by atoms with Crippen molar-refractivity contribution < 1.29 is 0 Å². The predicted octanol–water partition coefficient (Wildman–Crippen LogP) is 2.17. The van der Waals surface area contributed by atoms with Crippen molar-refractivity contribution in [2.75, 3.05) is 6.54 Å². The maximum Gasteiger partial charge on any atom is 0.146 e. The number of hydrogen-bond donors (Lipinski definition) is 1. The van der Waals surface area contributed by atoms with Gasteiger partial charge >= 0.3 is 0 Å². The van der Waals surface area contributed by atoms with Gasteiger partial charge in [-0.05, 0) is 34.5 Å². The highest BCUT2D eigenvalue weighted by atomic mass is 79.9. The Hall–Kier alpha value is -1.27. The second-order valence-electron chi connectivity index (χ2n) is 4.47. The van der Waals surface area contributed by atoms with E-state index in [1.165, 1.54) is 0 Å². The topological polar surface area (TPSA) is 55.6 Å². The van der Waals surface area contributed by atoms with Gasteiger partial charge in [0.2, 0.25) is 0 Å². The lowest BCUT2D eigenvalue weighted by atomic mass is 10.2. The second kappa shape index (κ2) is 6.06. The van der Waals surface area contributed by atoms with Gasteiger partial charge in [0, 0.05) is 10.7 Å². The molecule has 1 N–H and O–H groups in total. The molecule has 0 saturated heterocycles. The Bertz CT molecular complexity index is 509. The van der Waals surface area contributed by atoms with Crippen molar-refractivity contribution in [3.63, 3.8) is 0 Å². The molecule has 0 spiro atoms. The summed E-state index contributed by atoms with van der Waals surface area (Å²) in [5, 5.41) is 7.59. The SMILES string of the molecule is CC(C)CNCc1ncnn1-c1cncc(Br)c1. The van der Waals surface area contributed by atoms with Crippen molar-refractivity contribution in [2.24, 2.45) is 5.92 Å². The summed E-state index contributed by atoms with van der Waals surface area (Å²) in [6, 6.07) is 1.97. The smallest absolute Gasteiger partial charge is 0.146 e. The van der Waals surface area contributed by atoms with Crippen LogP contribution in [-0.4, -0.2) is 26.3 Å². The van der Waals surface area contributed by atoms with Gasteiger partial charge in [-0.3, -0.25) is 4.98 Å². The van der Waals surface area contributed by atoms with Crippen molar-refractivity contribution in [3.05, 3.63) is 35.1 Å². The van der Waals surface area contributed by atoms with Gasteiger partial charge in [0.15, 0.2) is 0 Å². The molecule has 0 unspecified atom stereocenters. The van der Waals surface area contributed by atoms with Gasteiger partial charge in [-0.2, -0.15) is 5.10 Å². The fourth-order valence-electron chi connectivity index (χ4n) is 1.59. The minimum atomic E-state index is 0.619. The van der Waals surface area contributed by atoms with E-state index < -0.39 is 0 Å². The molecule has 2 rings (SSSR count). The van der Waals surface area contributed by atoms with Crippen LogP contribution in [0.1, 0.15) is 19.7 Å². The first-order valence-electron chi connectivity index (χ1n) is 5.87. The molecule has 5 nitrogen and oxygen atoms in total. The van der Waals surface area contributed by atoms with Gasteiger partial charge in [0.1, 0.15) is 12.2 Å². The Labute approximate surface area is 115 Å². The molecule has 0 radical (unpaired) electrons. The monoisotopic (exact) mass is 309 g/mol. The first-order chi connectivity index (χ1) is 8.66. The molecule has 0 atom stereocenters. The van der Waals surface area contributed by atoms with Gasteiger partial charge < -0.3 is 5.32 Å². The van der Waals surface area contributed by atoms with E-state index in [0.29, 0.717) is 12.5 Å². The van der Waals surface area contributed by atoms with Crippen molar-refractivity contribution in [1.82, 2.24) is 25.1 Å². The Morgan fingerprint density at radius 2 is 2.22 bits per heavy atom. The van der Waals surface area contributed by atoms with Crippen LogP contribution in [0, 0.1) is 5.92 Å². The molecule has 0 aliphatic rings. The highest BCUT2D eigenvalue weighted by Crippen LogP contribution is 2.13. The summed E-state index contributed by atoms with van der Waals surface area (Å²) in [6.07, 6.45) is 5.08. The van der Waals surface area contributed by atoms with E-state index in [4.69, 9.17) is 0 Å². The van der Waals surface area contributed by atoms with Crippen molar-refractivity contribution >= 4 is 15.9 Å². The minimum Gasteiger partial charge on any atom is -0.310 e. The lowest BCUT2D eigenvalue weighted by molar-refractivity contribution is 0.537. The third-order valence-corrected chi connectivity index (χ3v) is 2.82. The third-order valence-electron chi connectivity index (χ3n) is 2.39. The molecule has 2 aromatic heterocycles. The normalized spacial score (nSPS) is 11.1. The number of aromatic nitrogens is 4. The molecule has 0 fully saturated rings. The molecule has 0 amide bonds. The summed E-state index contributed by atoms with van der Waals surface area (Å²) < 4.78 is 2.72. The number of rotatable bonds is 5. The summed E-state index contributed by atoms with van der Waals surface area (Å²) in [5.41, 5.74) is 0.906. The average molecular weight is 310 g/mol. The second-order valence-corrected chi connectivity index (χ2v) is 5.39. The Morgan fingerprint density at radius 1 is 1.39 bits per heavy atom. The van der Waals surface area contributed by atoms with E-state index in [2.05, 4.69) is 50.2 Å². The van der Waals surface area contributed by atoms with Crippen LogP contribution in [0.5, 0.6) is 0 Å². The molecule has 6 heteroatoms.